The topological polar surface area (TPSA) is 58.2 Å². The molecule has 0 radical (unpaired) electrons. The maximum atomic E-state index is 13.5. The van der Waals surface area contributed by atoms with Gasteiger partial charge in [-0.1, -0.05) is 19.9 Å². The fraction of sp³-hybridized carbons (Fsp3) is 0.429. The predicted molar refractivity (Wildman–Crippen MR) is 71.1 cm³/mol. The molecular weight excluding hydrogens is 266 g/mol. The molecule has 0 bridgehead atoms. The van der Waals surface area contributed by atoms with E-state index >= 15 is 0 Å². The summed E-state index contributed by atoms with van der Waals surface area (Å²) in [5, 5.41) is 4.86. The average molecular weight is 284 g/mol. The van der Waals surface area contributed by atoms with Crippen molar-refractivity contribution in [2.75, 3.05) is 7.05 Å². The highest BCUT2D eigenvalue weighted by molar-refractivity contribution is 5.97. The number of carbonyl (C=O) groups excluding carboxylic acids is 2. The Kier molecular flexibility index (Phi) is 5.61. The molecule has 0 aromatic heterocycles. The fourth-order valence-electron chi connectivity index (χ4n) is 1.79. The molecule has 0 aliphatic rings. The predicted octanol–water partition coefficient (Wildman–Crippen LogP) is 1.86. The first-order chi connectivity index (χ1) is 9.36. The van der Waals surface area contributed by atoms with Crippen LogP contribution < -0.4 is 10.6 Å². The second-order valence-electron chi connectivity index (χ2n) is 4.87. The third-order valence-electron chi connectivity index (χ3n) is 2.77. The van der Waals surface area contributed by atoms with Crippen LogP contribution >= 0.6 is 0 Å². The number of benzene rings is 1. The number of likely N-dealkylation sites (N-methyl/N-ethyl adjacent to an activating group) is 1. The van der Waals surface area contributed by atoms with Crippen molar-refractivity contribution in [1.29, 1.82) is 0 Å². The molecular formula is C14H18F2N2O2. The van der Waals surface area contributed by atoms with Crippen LogP contribution in [0, 0.1) is 17.6 Å². The minimum absolute atomic E-state index is 0.162. The van der Waals surface area contributed by atoms with E-state index in [1.54, 1.807) is 0 Å². The third kappa shape index (κ3) is 4.01. The first-order valence-electron chi connectivity index (χ1n) is 6.33. The molecule has 1 rings (SSSR count). The Morgan fingerprint density at radius 2 is 1.90 bits per heavy atom. The number of rotatable bonds is 5. The number of hydrogen-bond donors (Lipinski definition) is 2. The van der Waals surface area contributed by atoms with Crippen LogP contribution in [-0.2, 0) is 4.79 Å². The summed E-state index contributed by atoms with van der Waals surface area (Å²) in [6.45, 7) is 3.79. The maximum absolute atomic E-state index is 13.5. The molecule has 20 heavy (non-hydrogen) atoms. The summed E-state index contributed by atoms with van der Waals surface area (Å²) < 4.78 is 26.6. The SMILES string of the molecule is CNC(=O)C(CC(C)C)NC(=O)c1cccc(F)c1F. The monoisotopic (exact) mass is 284 g/mol. The molecule has 0 saturated carbocycles. The van der Waals surface area contributed by atoms with Gasteiger partial charge in [-0.15, -0.1) is 0 Å². The van der Waals surface area contributed by atoms with Crippen LogP contribution in [0.5, 0.6) is 0 Å². The standard InChI is InChI=1S/C14H18F2N2O2/c1-8(2)7-11(14(20)17-3)18-13(19)9-5-4-6-10(15)12(9)16/h4-6,8,11H,7H2,1-3H3,(H,17,20)(H,18,19). The molecule has 110 valence electrons. The Morgan fingerprint density at radius 1 is 1.25 bits per heavy atom. The molecule has 1 aromatic rings. The lowest BCUT2D eigenvalue weighted by Crippen LogP contribution is -2.46. The van der Waals surface area contributed by atoms with E-state index in [1.807, 2.05) is 13.8 Å². The van der Waals surface area contributed by atoms with Crippen molar-refractivity contribution < 1.29 is 18.4 Å². The zero-order valence-corrected chi connectivity index (χ0v) is 11.7. The zero-order valence-electron chi connectivity index (χ0n) is 11.7. The third-order valence-corrected chi connectivity index (χ3v) is 2.77. The van der Waals surface area contributed by atoms with Gasteiger partial charge in [-0.3, -0.25) is 9.59 Å². The Morgan fingerprint density at radius 3 is 2.45 bits per heavy atom. The van der Waals surface area contributed by atoms with E-state index < -0.39 is 29.1 Å². The number of carbonyl (C=O) groups is 2. The fourth-order valence-corrected chi connectivity index (χ4v) is 1.79. The summed E-state index contributed by atoms with van der Waals surface area (Å²) in [4.78, 5) is 23.6. The smallest absolute Gasteiger partial charge is 0.255 e. The van der Waals surface area contributed by atoms with Crippen LogP contribution in [-0.4, -0.2) is 24.9 Å². The van der Waals surface area contributed by atoms with E-state index in [9.17, 15) is 18.4 Å². The van der Waals surface area contributed by atoms with Crippen LogP contribution in [0.3, 0.4) is 0 Å². The quantitative estimate of drug-likeness (QED) is 0.867. The Balaban J connectivity index is 2.90. The summed E-state index contributed by atoms with van der Waals surface area (Å²) in [6.07, 6.45) is 0.405. The minimum Gasteiger partial charge on any atom is -0.357 e. The molecule has 0 aliphatic heterocycles. The van der Waals surface area contributed by atoms with Crippen molar-refractivity contribution >= 4 is 11.8 Å². The van der Waals surface area contributed by atoms with Crippen molar-refractivity contribution in [2.45, 2.75) is 26.3 Å². The molecule has 0 aliphatic carbocycles. The lowest BCUT2D eigenvalue weighted by molar-refractivity contribution is -0.122. The first kappa shape index (κ1) is 16.1. The van der Waals surface area contributed by atoms with Gasteiger partial charge >= 0.3 is 0 Å². The van der Waals surface area contributed by atoms with E-state index in [0.29, 0.717) is 6.42 Å². The molecule has 0 heterocycles. The van der Waals surface area contributed by atoms with Crippen LogP contribution in [0.4, 0.5) is 8.78 Å². The Bertz CT molecular complexity index is 504. The van der Waals surface area contributed by atoms with Gasteiger partial charge in [0.05, 0.1) is 5.56 Å². The van der Waals surface area contributed by atoms with Crippen LogP contribution in [0.25, 0.3) is 0 Å². The molecule has 1 aromatic carbocycles. The number of nitrogens with one attached hydrogen (secondary N) is 2. The van der Waals surface area contributed by atoms with E-state index in [1.165, 1.54) is 19.2 Å². The minimum atomic E-state index is -1.22. The number of halogens is 2. The molecule has 2 amide bonds. The van der Waals surface area contributed by atoms with Crippen LogP contribution in [0.2, 0.25) is 0 Å². The normalized spacial score (nSPS) is 12.1. The molecule has 1 atom stereocenters. The van der Waals surface area contributed by atoms with Crippen molar-refractivity contribution in [3.8, 4) is 0 Å². The van der Waals surface area contributed by atoms with E-state index in [2.05, 4.69) is 10.6 Å². The van der Waals surface area contributed by atoms with Gasteiger partial charge in [0, 0.05) is 7.05 Å². The van der Waals surface area contributed by atoms with Crippen LogP contribution in [0.15, 0.2) is 18.2 Å². The first-order valence-corrected chi connectivity index (χ1v) is 6.33. The number of amides is 2. The molecule has 4 nitrogen and oxygen atoms in total. The molecule has 0 spiro atoms. The summed E-state index contributed by atoms with van der Waals surface area (Å²) >= 11 is 0. The molecule has 1 unspecified atom stereocenters. The average Bonchev–Trinajstić information content (AvgIpc) is 2.39. The highest BCUT2D eigenvalue weighted by Gasteiger charge is 2.23. The summed E-state index contributed by atoms with van der Waals surface area (Å²) in [7, 11) is 1.45. The van der Waals surface area contributed by atoms with Gasteiger partial charge in [0.1, 0.15) is 6.04 Å². The van der Waals surface area contributed by atoms with Crippen molar-refractivity contribution in [2.24, 2.45) is 5.92 Å². The van der Waals surface area contributed by atoms with Gasteiger partial charge < -0.3 is 10.6 Å². The van der Waals surface area contributed by atoms with Gasteiger partial charge in [0.25, 0.3) is 5.91 Å². The van der Waals surface area contributed by atoms with Crippen LogP contribution in [0.1, 0.15) is 30.6 Å². The second-order valence-corrected chi connectivity index (χ2v) is 4.87. The van der Waals surface area contributed by atoms with Gasteiger partial charge in [0.15, 0.2) is 11.6 Å². The summed E-state index contributed by atoms with van der Waals surface area (Å²) in [6, 6.07) is 2.56. The van der Waals surface area contributed by atoms with Gasteiger partial charge in [-0.05, 0) is 24.5 Å². The number of hydrogen-bond acceptors (Lipinski definition) is 2. The van der Waals surface area contributed by atoms with Crippen molar-refractivity contribution in [3.63, 3.8) is 0 Å². The van der Waals surface area contributed by atoms with Gasteiger partial charge in [-0.25, -0.2) is 8.78 Å². The van der Waals surface area contributed by atoms with Crippen molar-refractivity contribution in [1.82, 2.24) is 10.6 Å². The van der Waals surface area contributed by atoms with Gasteiger partial charge in [-0.2, -0.15) is 0 Å². The van der Waals surface area contributed by atoms with E-state index in [4.69, 9.17) is 0 Å². The van der Waals surface area contributed by atoms with E-state index in [-0.39, 0.29) is 11.8 Å². The largest absolute Gasteiger partial charge is 0.357 e. The van der Waals surface area contributed by atoms with E-state index in [0.717, 1.165) is 6.07 Å². The molecule has 2 N–H and O–H groups in total. The van der Waals surface area contributed by atoms with Gasteiger partial charge in [0.2, 0.25) is 5.91 Å². The Hall–Kier alpha value is -1.98. The summed E-state index contributed by atoms with van der Waals surface area (Å²) in [5.74, 6) is -3.33. The highest BCUT2D eigenvalue weighted by atomic mass is 19.2. The second kappa shape index (κ2) is 6.98. The molecule has 6 heteroatoms. The Labute approximate surface area is 116 Å². The lowest BCUT2D eigenvalue weighted by atomic mass is 10.0. The summed E-state index contributed by atoms with van der Waals surface area (Å²) in [5.41, 5.74) is -0.414. The molecule has 0 fully saturated rings. The lowest BCUT2D eigenvalue weighted by Gasteiger charge is -2.19. The zero-order chi connectivity index (χ0) is 15.3. The van der Waals surface area contributed by atoms with Crippen molar-refractivity contribution in [3.05, 3.63) is 35.4 Å². The molecule has 0 saturated heterocycles. The maximum Gasteiger partial charge on any atom is 0.255 e. The highest BCUT2D eigenvalue weighted by Crippen LogP contribution is 2.12.